The molecule has 0 amide bonds. The Hall–Kier alpha value is -1.55. The molecule has 0 fully saturated rings. The van der Waals surface area contributed by atoms with E-state index in [0.29, 0.717) is 12.4 Å². The van der Waals surface area contributed by atoms with E-state index in [1.165, 1.54) is 0 Å². The molecule has 0 aliphatic heterocycles. The van der Waals surface area contributed by atoms with E-state index in [1.807, 2.05) is 24.3 Å². The van der Waals surface area contributed by atoms with Gasteiger partial charge in [-0.2, -0.15) is 4.98 Å². The summed E-state index contributed by atoms with van der Waals surface area (Å²) in [6.45, 7) is 2.78. The summed E-state index contributed by atoms with van der Waals surface area (Å²) in [5.74, 6) is 1.31. The van der Waals surface area contributed by atoms with Crippen LogP contribution >= 0.6 is 11.6 Å². The average Bonchev–Trinajstić information content (AvgIpc) is 2.74. The van der Waals surface area contributed by atoms with E-state index in [9.17, 15) is 0 Å². The topological polar surface area (TPSA) is 48.2 Å². The fraction of sp³-hybridized carbons (Fsp3) is 0.273. The first-order valence-electron chi connectivity index (χ1n) is 5.02. The van der Waals surface area contributed by atoms with Crippen LogP contribution in [-0.2, 0) is 0 Å². The van der Waals surface area contributed by atoms with Gasteiger partial charge in [0.2, 0.25) is 5.82 Å². The largest absolute Gasteiger partial charge is 0.494 e. The minimum Gasteiger partial charge on any atom is -0.494 e. The zero-order chi connectivity index (χ0) is 11.4. The Bertz CT molecular complexity index is 453. The van der Waals surface area contributed by atoms with Gasteiger partial charge in [-0.1, -0.05) is 12.1 Å². The lowest BCUT2D eigenvalue weighted by atomic mass is 10.2. The van der Waals surface area contributed by atoms with Crippen molar-refractivity contribution < 1.29 is 9.26 Å². The molecule has 0 aliphatic rings. The molecule has 1 aromatic carbocycles. The van der Waals surface area contributed by atoms with Crippen molar-refractivity contribution in [2.75, 3.05) is 6.61 Å². The van der Waals surface area contributed by atoms with Gasteiger partial charge in [0, 0.05) is 5.56 Å². The molecule has 0 saturated heterocycles. The SMILES string of the molecule is CCCOc1ccc(-c2noc(Cl)n2)cc1. The van der Waals surface area contributed by atoms with Crippen molar-refractivity contribution in [3.05, 3.63) is 29.6 Å². The van der Waals surface area contributed by atoms with Crippen molar-refractivity contribution in [3.63, 3.8) is 0 Å². The predicted molar refractivity (Wildman–Crippen MR) is 60.5 cm³/mol. The number of halogens is 1. The molecule has 0 radical (unpaired) electrons. The summed E-state index contributed by atoms with van der Waals surface area (Å²) < 4.78 is 10.1. The predicted octanol–water partition coefficient (Wildman–Crippen LogP) is 3.18. The van der Waals surface area contributed by atoms with Crippen LogP contribution in [0, 0.1) is 0 Å². The Labute approximate surface area is 98.2 Å². The molecule has 0 spiro atoms. The lowest BCUT2D eigenvalue weighted by Gasteiger charge is -2.03. The van der Waals surface area contributed by atoms with Gasteiger partial charge < -0.3 is 9.26 Å². The highest BCUT2D eigenvalue weighted by molar-refractivity contribution is 6.27. The van der Waals surface area contributed by atoms with E-state index in [4.69, 9.17) is 16.3 Å². The van der Waals surface area contributed by atoms with E-state index < -0.39 is 0 Å². The zero-order valence-electron chi connectivity index (χ0n) is 8.81. The molecule has 0 unspecified atom stereocenters. The maximum atomic E-state index is 5.55. The molecule has 0 atom stereocenters. The molecule has 2 aromatic rings. The molecular weight excluding hydrogens is 228 g/mol. The number of rotatable bonds is 4. The smallest absolute Gasteiger partial charge is 0.320 e. The maximum absolute atomic E-state index is 5.55. The molecule has 84 valence electrons. The van der Waals surface area contributed by atoms with Crippen LogP contribution in [0.25, 0.3) is 11.4 Å². The summed E-state index contributed by atoms with van der Waals surface area (Å²) >= 11 is 5.55. The molecular formula is C11H11ClN2O2. The van der Waals surface area contributed by atoms with Crippen LogP contribution in [0.15, 0.2) is 28.8 Å². The van der Waals surface area contributed by atoms with Gasteiger partial charge in [0.15, 0.2) is 0 Å². The molecule has 16 heavy (non-hydrogen) atoms. The average molecular weight is 239 g/mol. The molecule has 1 aromatic heterocycles. The third-order valence-corrected chi connectivity index (χ3v) is 2.14. The van der Waals surface area contributed by atoms with Crippen molar-refractivity contribution >= 4 is 11.6 Å². The van der Waals surface area contributed by atoms with Crippen LogP contribution in [0.3, 0.4) is 0 Å². The highest BCUT2D eigenvalue weighted by atomic mass is 35.5. The third kappa shape index (κ3) is 2.52. The van der Waals surface area contributed by atoms with Crippen LogP contribution in [0.2, 0.25) is 5.35 Å². The normalized spacial score (nSPS) is 10.4. The summed E-state index contributed by atoms with van der Waals surface area (Å²) in [6.07, 6.45) is 0.988. The Morgan fingerprint density at radius 1 is 1.31 bits per heavy atom. The Kier molecular flexibility index (Phi) is 3.41. The second-order valence-corrected chi connectivity index (χ2v) is 3.57. The summed E-state index contributed by atoms with van der Waals surface area (Å²) in [4.78, 5) is 3.92. The van der Waals surface area contributed by atoms with E-state index >= 15 is 0 Å². The lowest BCUT2D eigenvalue weighted by Crippen LogP contribution is -1.94. The fourth-order valence-electron chi connectivity index (χ4n) is 1.24. The first kappa shape index (κ1) is 11.0. The van der Waals surface area contributed by atoms with Gasteiger partial charge in [0.05, 0.1) is 6.61 Å². The van der Waals surface area contributed by atoms with Crippen molar-refractivity contribution in [1.82, 2.24) is 10.1 Å². The molecule has 0 N–H and O–H groups in total. The standard InChI is InChI=1S/C11H11ClN2O2/c1-2-7-15-9-5-3-8(4-6-9)10-13-11(12)16-14-10/h3-6H,2,7H2,1H3. The number of hydrogen-bond acceptors (Lipinski definition) is 4. The Morgan fingerprint density at radius 2 is 2.06 bits per heavy atom. The Balaban J connectivity index is 2.13. The van der Waals surface area contributed by atoms with Gasteiger partial charge in [0.1, 0.15) is 5.75 Å². The highest BCUT2D eigenvalue weighted by Crippen LogP contribution is 2.20. The third-order valence-electron chi connectivity index (χ3n) is 1.99. The second kappa shape index (κ2) is 4.99. The van der Waals surface area contributed by atoms with Crippen molar-refractivity contribution in [2.24, 2.45) is 0 Å². The van der Waals surface area contributed by atoms with Gasteiger partial charge in [0.25, 0.3) is 0 Å². The fourth-order valence-corrected chi connectivity index (χ4v) is 1.36. The van der Waals surface area contributed by atoms with Crippen molar-refractivity contribution in [3.8, 4) is 17.1 Å². The summed E-state index contributed by atoms with van der Waals surface area (Å²) in [5.41, 5.74) is 0.847. The number of nitrogens with zero attached hydrogens (tertiary/aromatic N) is 2. The maximum Gasteiger partial charge on any atom is 0.320 e. The van der Waals surface area contributed by atoms with Gasteiger partial charge in [-0.3, -0.25) is 0 Å². The van der Waals surface area contributed by atoms with Gasteiger partial charge >= 0.3 is 5.35 Å². The lowest BCUT2D eigenvalue weighted by molar-refractivity contribution is 0.317. The number of benzene rings is 1. The van der Waals surface area contributed by atoms with Crippen LogP contribution < -0.4 is 4.74 Å². The van der Waals surface area contributed by atoms with Crippen LogP contribution in [0.1, 0.15) is 13.3 Å². The summed E-state index contributed by atoms with van der Waals surface area (Å²) in [6, 6.07) is 7.48. The van der Waals surface area contributed by atoms with Crippen LogP contribution in [-0.4, -0.2) is 16.7 Å². The van der Waals surface area contributed by atoms with E-state index in [1.54, 1.807) is 0 Å². The highest BCUT2D eigenvalue weighted by Gasteiger charge is 2.06. The second-order valence-electron chi connectivity index (χ2n) is 3.24. The molecule has 4 nitrogen and oxygen atoms in total. The summed E-state index contributed by atoms with van der Waals surface area (Å²) in [5, 5.41) is 3.76. The van der Waals surface area contributed by atoms with E-state index in [-0.39, 0.29) is 5.35 Å². The molecule has 0 saturated carbocycles. The van der Waals surface area contributed by atoms with Crippen molar-refractivity contribution in [2.45, 2.75) is 13.3 Å². The monoisotopic (exact) mass is 238 g/mol. The van der Waals surface area contributed by atoms with Gasteiger partial charge in [-0.05, 0) is 42.3 Å². The number of hydrogen-bond donors (Lipinski definition) is 0. The van der Waals surface area contributed by atoms with Gasteiger partial charge in [-0.15, -0.1) is 0 Å². The Morgan fingerprint density at radius 3 is 2.62 bits per heavy atom. The van der Waals surface area contributed by atoms with Crippen LogP contribution in [0.5, 0.6) is 5.75 Å². The summed E-state index contributed by atoms with van der Waals surface area (Å²) in [7, 11) is 0. The molecule has 1 heterocycles. The van der Waals surface area contributed by atoms with E-state index in [0.717, 1.165) is 17.7 Å². The minimum atomic E-state index is 0.0429. The van der Waals surface area contributed by atoms with E-state index in [2.05, 4.69) is 21.6 Å². The zero-order valence-corrected chi connectivity index (χ0v) is 9.57. The quantitative estimate of drug-likeness (QED) is 0.821. The first-order valence-corrected chi connectivity index (χ1v) is 5.40. The molecule has 0 bridgehead atoms. The molecule has 0 aliphatic carbocycles. The van der Waals surface area contributed by atoms with Crippen molar-refractivity contribution in [1.29, 1.82) is 0 Å². The van der Waals surface area contributed by atoms with Crippen LogP contribution in [0.4, 0.5) is 0 Å². The molecule has 5 heteroatoms. The molecule has 2 rings (SSSR count). The first-order chi connectivity index (χ1) is 7.79. The van der Waals surface area contributed by atoms with Gasteiger partial charge in [-0.25, -0.2) is 0 Å². The number of aromatic nitrogens is 2. The number of ether oxygens (including phenoxy) is 1. The minimum absolute atomic E-state index is 0.0429.